The third-order valence-corrected chi connectivity index (χ3v) is 8.69. The molecular weight excluding hydrogens is 738 g/mol. The van der Waals surface area contributed by atoms with Gasteiger partial charge in [0.15, 0.2) is 0 Å². The van der Waals surface area contributed by atoms with E-state index in [0.29, 0.717) is 32.8 Å². The number of rotatable bonds is 4. The van der Waals surface area contributed by atoms with E-state index in [1.165, 1.54) is 60.7 Å². The molecule has 0 saturated carbocycles. The molecule has 0 aliphatic carbocycles. The van der Waals surface area contributed by atoms with Crippen LogP contribution in [0.2, 0.25) is 0 Å². The van der Waals surface area contributed by atoms with Crippen molar-refractivity contribution in [3.05, 3.63) is 95.1 Å². The number of benzene rings is 4. The van der Waals surface area contributed by atoms with Gasteiger partial charge >= 0.3 is 43.4 Å². The van der Waals surface area contributed by atoms with Gasteiger partial charge in [-0.1, -0.05) is 24.3 Å². The van der Waals surface area contributed by atoms with Gasteiger partial charge in [0.05, 0.1) is 45.6 Å². The molecule has 0 fully saturated rings. The average Bonchev–Trinajstić information content (AvgIpc) is 3.85. The first-order valence-corrected chi connectivity index (χ1v) is 15.2. The van der Waals surface area contributed by atoms with Crippen molar-refractivity contribution in [3.63, 3.8) is 0 Å². The van der Waals surface area contributed by atoms with Crippen LogP contribution in [0.3, 0.4) is 0 Å². The molecule has 2 aliphatic heterocycles. The number of hydrogen-bond donors (Lipinski definition) is 4. The van der Waals surface area contributed by atoms with Gasteiger partial charge in [0.1, 0.15) is 0 Å². The van der Waals surface area contributed by atoms with E-state index in [0.717, 1.165) is 0 Å². The van der Waals surface area contributed by atoms with Gasteiger partial charge in [-0.25, -0.2) is 29.1 Å². The van der Waals surface area contributed by atoms with E-state index >= 15 is 0 Å². The number of nitrogens with zero attached hydrogens (tertiary/aromatic N) is 8. The van der Waals surface area contributed by atoms with Crippen LogP contribution in [0.25, 0.3) is 89.7 Å². The molecule has 250 valence electrons. The van der Waals surface area contributed by atoms with Crippen LogP contribution in [0.15, 0.2) is 72.8 Å². The summed E-state index contributed by atoms with van der Waals surface area (Å²) in [5.41, 5.74) is 1.49. The van der Waals surface area contributed by atoms with Crippen LogP contribution in [0.1, 0.15) is 41.4 Å². The van der Waals surface area contributed by atoms with Gasteiger partial charge in [0.25, 0.3) is 0 Å². The van der Waals surface area contributed by atoms with E-state index in [2.05, 4.69) is 24.9 Å². The minimum Gasteiger partial charge on any atom is -0.478 e. The van der Waals surface area contributed by atoms with Crippen molar-refractivity contribution < 1.29 is 59.1 Å². The molecule has 5 heterocycles. The number of hydrogen-bond acceptors (Lipinski definition) is 10. The number of carboxylic acid groups (broad SMARTS) is 4. The fraction of sp³-hybridized carbons (Fsp3) is 0. The van der Waals surface area contributed by atoms with Crippen LogP contribution < -0.4 is 9.97 Å². The van der Waals surface area contributed by atoms with Gasteiger partial charge in [-0.15, -0.1) is 0 Å². The van der Waals surface area contributed by atoms with Crippen LogP contribution in [0.5, 0.6) is 0 Å². The molecule has 53 heavy (non-hydrogen) atoms. The largest absolute Gasteiger partial charge is 2.00 e. The van der Waals surface area contributed by atoms with Crippen molar-refractivity contribution in [2.45, 2.75) is 0 Å². The predicted octanol–water partition coefficient (Wildman–Crippen LogP) is 4.92. The van der Waals surface area contributed by atoms with Crippen molar-refractivity contribution >= 4 is 68.0 Å². The smallest absolute Gasteiger partial charge is 0.478 e. The molecule has 0 spiro atoms. The summed E-state index contributed by atoms with van der Waals surface area (Å²) in [6.07, 6.45) is 0. The fourth-order valence-corrected chi connectivity index (χ4v) is 6.20. The minimum absolute atomic E-state index is 0. The number of carbonyl (C=O) groups is 4. The molecule has 0 unspecified atom stereocenters. The Hall–Kier alpha value is -7.26. The fourth-order valence-electron chi connectivity index (χ4n) is 6.20. The van der Waals surface area contributed by atoms with Crippen molar-refractivity contribution in [2.24, 2.45) is 0 Å². The molecule has 0 radical (unpaired) electrons. The Balaban J connectivity index is 0.00000400. The normalized spacial score (nSPS) is 11.5. The molecule has 0 amide bonds. The van der Waals surface area contributed by atoms with E-state index in [4.69, 9.17) is 15.0 Å². The summed E-state index contributed by atoms with van der Waals surface area (Å²) >= 11 is 0. The van der Waals surface area contributed by atoms with Crippen LogP contribution >= 0.6 is 0 Å². The van der Waals surface area contributed by atoms with Gasteiger partial charge in [0.2, 0.25) is 0 Å². The van der Waals surface area contributed by atoms with Gasteiger partial charge in [-0.05, 0) is 70.1 Å². The summed E-state index contributed by atoms with van der Waals surface area (Å²) in [5, 5.41) is 40.5. The zero-order chi connectivity index (χ0) is 36.0. The van der Waals surface area contributed by atoms with Crippen molar-refractivity contribution in [1.82, 2.24) is 39.9 Å². The van der Waals surface area contributed by atoms with Crippen LogP contribution in [-0.2, 0) is 19.5 Å². The van der Waals surface area contributed by atoms with Crippen LogP contribution in [-0.4, -0.2) is 74.2 Å². The number of fused-ring (bicyclic) bond motifs is 20. The third kappa shape index (κ3) is 5.25. The van der Waals surface area contributed by atoms with E-state index in [1.54, 1.807) is 12.1 Å². The zero-order valence-electron chi connectivity index (χ0n) is 26.6. The van der Waals surface area contributed by atoms with Gasteiger partial charge in [-0.3, -0.25) is 0 Å². The van der Waals surface area contributed by atoms with E-state index < -0.39 is 23.9 Å². The molecule has 4 N–H and O–H groups in total. The number of aromatic carboxylic acids is 4. The summed E-state index contributed by atoms with van der Waals surface area (Å²) in [6, 6.07) is 17.2. The molecule has 9 rings (SSSR count). The summed E-state index contributed by atoms with van der Waals surface area (Å²) in [5.74, 6) is -4.51. The Morgan fingerprint density at radius 3 is 1.04 bits per heavy atom. The Bertz CT molecular complexity index is 3010. The maximum absolute atomic E-state index is 12.0. The molecule has 16 nitrogen and oxygen atoms in total. The second-order valence-electron chi connectivity index (χ2n) is 11.7. The summed E-state index contributed by atoms with van der Waals surface area (Å²) in [6.45, 7) is 0. The Kier molecular flexibility index (Phi) is 7.40. The number of carboxylic acids is 4. The standard InChI is InChI=1S/C36H18N8O8.Zn/c45-33(46)13-1-5-17-21(9-13)29-38-25(17)37-26-18-6-2-14(34(47)48)10-22(18)30(39-26)41-28-20-8-4-16(36(51)52)12-24(20)32(43-28)44-31-23-11-15(35(49)50)3-7-19(23)27(40-29)42-31;/h1-12H,(H6,37,38,39,40,41,42,43,44,45,46,47,48,49,50,51,52);/q;+2/p-2. The SMILES string of the molecule is O=C(O)c1ccc2c(c1)-c1nc-2nc2[n-]c(nc3nc(nc4[n-]c(n1)c1ccc(C(=O)O)cc41)-c1cc(C(=O)O)ccc1-3)c1cc(C(=O)O)ccc21.[Zn+2]. The maximum Gasteiger partial charge on any atom is 2.00 e. The van der Waals surface area contributed by atoms with E-state index in [-0.39, 0.29) is 98.6 Å². The maximum atomic E-state index is 12.0. The Morgan fingerprint density at radius 1 is 0.377 bits per heavy atom. The monoisotopic (exact) mass is 752 g/mol. The molecule has 7 aromatic rings. The predicted molar refractivity (Wildman–Crippen MR) is 182 cm³/mol. The summed E-state index contributed by atoms with van der Waals surface area (Å²) in [7, 11) is 0. The second-order valence-corrected chi connectivity index (χ2v) is 11.7. The van der Waals surface area contributed by atoms with Gasteiger partial charge in [0, 0.05) is 44.8 Å². The second kappa shape index (κ2) is 11.9. The molecular formula is C36H16N8O8Zn. The van der Waals surface area contributed by atoms with E-state index in [9.17, 15) is 39.6 Å². The quantitative estimate of drug-likeness (QED) is 0.174. The Labute approximate surface area is 306 Å². The molecule has 0 atom stereocenters. The first-order chi connectivity index (χ1) is 25.0. The molecule has 8 bridgehead atoms. The minimum atomic E-state index is -1.20. The Morgan fingerprint density at radius 2 is 0.679 bits per heavy atom. The molecule has 2 aliphatic rings. The first kappa shape index (κ1) is 32.9. The van der Waals surface area contributed by atoms with Crippen LogP contribution in [0, 0.1) is 0 Å². The molecule has 0 saturated heterocycles. The topological polar surface area (TPSA) is 255 Å². The third-order valence-electron chi connectivity index (χ3n) is 8.69. The summed E-state index contributed by atoms with van der Waals surface area (Å²) < 4.78 is 0. The summed E-state index contributed by atoms with van der Waals surface area (Å²) in [4.78, 5) is 85.3. The molecule has 17 heteroatoms. The van der Waals surface area contributed by atoms with Gasteiger partial charge in [-0.2, -0.15) is 0 Å². The van der Waals surface area contributed by atoms with Crippen molar-refractivity contribution in [1.29, 1.82) is 0 Å². The molecule has 3 aromatic heterocycles. The molecule has 4 aromatic carbocycles. The van der Waals surface area contributed by atoms with Crippen molar-refractivity contribution in [3.8, 4) is 45.6 Å². The van der Waals surface area contributed by atoms with Crippen LogP contribution in [0.4, 0.5) is 0 Å². The zero-order valence-corrected chi connectivity index (χ0v) is 29.6. The van der Waals surface area contributed by atoms with Crippen molar-refractivity contribution in [2.75, 3.05) is 0 Å². The van der Waals surface area contributed by atoms with Gasteiger partial charge < -0.3 is 50.3 Å². The average molecular weight is 754 g/mol. The first-order valence-electron chi connectivity index (χ1n) is 15.2. The van der Waals surface area contributed by atoms with E-state index in [1.807, 2.05) is 0 Å². The number of aromatic nitrogens is 8.